The maximum atomic E-state index is 12.9. The van der Waals surface area contributed by atoms with Crippen LogP contribution in [-0.2, 0) is 28.8 Å². The van der Waals surface area contributed by atoms with Crippen LogP contribution in [0.5, 0.6) is 0 Å². The molecule has 2 fully saturated rings. The van der Waals surface area contributed by atoms with Gasteiger partial charge < -0.3 is 27.8 Å². The van der Waals surface area contributed by atoms with Crippen molar-refractivity contribution in [1.29, 1.82) is 0 Å². The second-order valence-electron chi connectivity index (χ2n) is 10.6. The van der Waals surface area contributed by atoms with E-state index in [1.807, 2.05) is 0 Å². The van der Waals surface area contributed by atoms with E-state index in [2.05, 4.69) is 38.7 Å². The molecule has 1 spiro atoms. The molecule has 1 aromatic heterocycles. The molecule has 0 aromatic carbocycles. The Morgan fingerprint density at radius 3 is 2.64 bits per heavy atom. The van der Waals surface area contributed by atoms with Crippen LogP contribution < -0.4 is 0 Å². The molecule has 6 rings (SSSR count). The molecule has 0 radical (unpaired) electrons. The van der Waals surface area contributed by atoms with Crippen molar-refractivity contribution < 1.29 is 32.6 Å². The number of carbonyl (C=O) groups excluding carboxylic acids is 1. The first-order chi connectivity index (χ1) is 15.7. The van der Waals surface area contributed by atoms with Crippen molar-refractivity contribution in [3.63, 3.8) is 0 Å². The third-order valence-electron chi connectivity index (χ3n) is 7.56. The molecule has 1 saturated carbocycles. The van der Waals surface area contributed by atoms with Crippen molar-refractivity contribution in [3.8, 4) is 0 Å². The van der Waals surface area contributed by atoms with Gasteiger partial charge in [-0.2, -0.15) is 0 Å². The van der Waals surface area contributed by atoms with E-state index in [0.29, 0.717) is 31.1 Å². The van der Waals surface area contributed by atoms with E-state index in [-0.39, 0.29) is 11.9 Å². The second kappa shape index (κ2) is 6.94. The summed E-state index contributed by atoms with van der Waals surface area (Å²) in [7, 11) is -0.390. The first-order valence-electron chi connectivity index (χ1n) is 11.7. The number of fused-ring (bicyclic) bond motifs is 5. The van der Waals surface area contributed by atoms with Gasteiger partial charge in [0.2, 0.25) is 8.32 Å². The number of rotatable bonds is 4. The van der Waals surface area contributed by atoms with Crippen LogP contribution in [0.4, 0.5) is 0 Å². The van der Waals surface area contributed by atoms with Gasteiger partial charge in [-0.25, -0.2) is 4.79 Å². The zero-order chi connectivity index (χ0) is 23.2. The summed E-state index contributed by atoms with van der Waals surface area (Å²) in [5.74, 6) is 0.472. The van der Waals surface area contributed by atoms with Crippen molar-refractivity contribution in [2.75, 3.05) is 26.9 Å². The van der Waals surface area contributed by atoms with Crippen LogP contribution in [0.15, 0.2) is 39.6 Å². The van der Waals surface area contributed by atoms with E-state index in [1.165, 1.54) is 6.26 Å². The van der Waals surface area contributed by atoms with Gasteiger partial charge in [0, 0.05) is 30.6 Å². The van der Waals surface area contributed by atoms with Crippen LogP contribution in [0.1, 0.15) is 41.4 Å². The van der Waals surface area contributed by atoms with Crippen LogP contribution in [0.3, 0.4) is 0 Å². The summed E-state index contributed by atoms with van der Waals surface area (Å²) >= 11 is 0. The smallest absolute Gasteiger partial charge is 0.342 e. The maximum absolute atomic E-state index is 12.9. The first kappa shape index (κ1) is 21.4. The molecule has 8 heteroatoms. The van der Waals surface area contributed by atoms with Gasteiger partial charge in [0.15, 0.2) is 17.3 Å². The van der Waals surface area contributed by atoms with Gasteiger partial charge in [0.05, 0.1) is 25.2 Å². The lowest BCUT2D eigenvalue weighted by molar-refractivity contribution is -0.120. The van der Waals surface area contributed by atoms with Gasteiger partial charge in [-0.1, -0.05) is 12.2 Å². The van der Waals surface area contributed by atoms with Crippen LogP contribution in [0.25, 0.3) is 5.76 Å². The number of cyclic esters (lactones) is 1. The predicted molar refractivity (Wildman–Crippen MR) is 122 cm³/mol. The molecule has 0 N–H and O–H groups in total. The molecule has 1 aromatic rings. The molecule has 1 saturated heterocycles. The van der Waals surface area contributed by atoms with Gasteiger partial charge in [-0.15, -0.1) is 0 Å². The number of hydrogen-bond acceptors (Lipinski definition) is 7. The Kier molecular flexibility index (Phi) is 4.50. The Hall–Kier alpha value is -2.13. The zero-order valence-corrected chi connectivity index (χ0v) is 20.8. The van der Waals surface area contributed by atoms with E-state index < -0.39 is 25.6 Å². The molecule has 176 valence electrons. The number of furan rings is 1. The summed E-state index contributed by atoms with van der Waals surface area (Å²) in [5.41, 5.74) is 4.06. The zero-order valence-electron chi connectivity index (χ0n) is 19.8. The van der Waals surface area contributed by atoms with Gasteiger partial charge in [0.25, 0.3) is 0 Å². The molecule has 0 amide bonds. The van der Waals surface area contributed by atoms with Crippen LogP contribution in [0, 0.1) is 5.92 Å². The Balaban J connectivity index is 1.62. The highest BCUT2D eigenvalue weighted by molar-refractivity contribution is 6.70. The molecule has 2 aliphatic heterocycles. The molecular weight excluding hydrogens is 440 g/mol. The topological polar surface area (TPSA) is 76.4 Å². The van der Waals surface area contributed by atoms with Crippen molar-refractivity contribution >= 4 is 20.0 Å². The largest absolute Gasteiger partial charge is 0.542 e. The fourth-order valence-electron chi connectivity index (χ4n) is 6.24. The van der Waals surface area contributed by atoms with Crippen LogP contribution in [-0.4, -0.2) is 53.1 Å². The minimum atomic E-state index is -2.02. The molecule has 3 heterocycles. The number of allylic oxidation sites excluding steroid dienone is 3. The Morgan fingerprint density at radius 1 is 1.18 bits per heavy atom. The van der Waals surface area contributed by atoms with E-state index >= 15 is 0 Å². The summed E-state index contributed by atoms with van der Waals surface area (Å²) in [6.07, 6.45) is 7.05. The summed E-state index contributed by atoms with van der Waals surface area (Å²) in [6.45, 7) is 10.1. The number of carbonyl (C=O) groups is 1. The number of ether oxygens (including phenoxy) is 4. The monoisotopic (exact) mass is 470 g/mol. The number of methoxy groups -OCH3 is 1. The first-order valence-corrected chi connectivity index (χ1v) is 15.1. The molecule has 33 heavy (non-hydrogen) atoms. The summed E-state index contributed by atoms with van der Waals surface area (Å²) in [6, 6.07) is 0. The van der Waals surface area contributed by atoms with Gasteiger partial charge in [-0.05, 0) is 44.1 Å². The average molecular weight is 471 g/mol. The highest BCUT2D eigenvalue weighted by Crippen LogP contribution is 2.61. The van der Waals surface area contributed by atoms with Crippen LogP contribution >= 0.6 is 0 Å². The quantitative estimate of drug-likeness (QED) is 0.479. The third-order valence-corrected chi connectivity index (χ3v) is 8.38. The minimum absolute atomic E-state index is 0.0915. The Morgan fingerprint density at radius 2 is 1.94 bits per heavy atom. The lowest BCUT2D eigenvalue weighted by Crippen LogP contribution is -2.51. The van der Waals surface area contributed by atoms with E-state index in [0.717, 1.165) is 40.9 Å². The van der Waals surface area contributed by atoms with Crippen molar-refractivity contribution in [1.82, 2.24) is 0 Å². The summed E-state index contributed by atoms with van der Waals surface area (Å²) in [5, 5.41) is 0. The van der Waals surface area contributed by atoms with E-state index in [9.17, 15) is 4.79 Å². The molecule has 0 bridgehead atoms. The maximum Gasteiger partial charge on any atom is 0.342 e. The Labute approximate surface area is 194 Å². The molecule has 3 atom stereocenters. The standard InChI is InChI=1S/C25H30O7Si/c1-24-17-7-6-16-14(8-9-25(16)29-10-11-30-25)19(17)21(32-33(3,4)5)22-20(24)15(12-28-22)23(26)31-18(24)13-27-2/h6-7,12,14,18H,8-11,13H2,1-5H3/t14-,18-,24?/m1/s1. The van der Waals surface area contributed by atoms with E-state index in [1.54, 1.807) is 7.11 Å². The summed E-state index contributed by atoms with van der Waals surface area (Å²) < 4.78 is 36.5. The van der Waals surface area contributed by atoms with Gasteiger partial charge in [0.1, 0.15) is 17.9 Å². The lowest BCUT2D eigenvalue weighted by atomic mass is 9.60. The van der Waals surface area contributed by atoms with E-state index in [4.69, 9.17) is 27.8 Å². The number of hydrogen-bond donors (Lipinski definition) is 0. The fraction of sp³-hybridized carbons (Fsp3) is 0.560. The number of esters is 1. The Bertz CT molecular complexity index is 1130. The van der Waals surface area contributed by atoms with Crippen molar-refractivity contribution in [2.24, 2.45) is 5.92 Å². The molecule has 1 unspecified atom stereocenters. The average Bonchev–Trinajstić information content (AvgIpc) is 3.49. The normalized spacial score (nSPS) is 31.6. The lowest BCUT2D eigenvalue weighted by Gasteiger charge is -2.48. The fourth-order valence-corrected chi connectivity index (χ4v) is 7.06. The van der Waals surface area contributed by atoms with Crippen molar-refractivity contribution in [2.45, 2.75) is 56.7 Å². The third kappa shape index (κ3) is 2.81. The van der Waals surface area contributed by atoms with Gasteiger partial charge >= 0.3 is 5.97 Å². The molecular formula is C25H30O7Si. The highest BCUT2D eigenvalue weighted by Gasteiger charge is 2.60. The SMILES string of the molecule is COC[C@H]1OC(=O)c2coc3c2C1(C)C1=CC=C2[C@@H](CCC24OCCO4)C1=C3O[Si](C)(C)C. The minimum Gasteiger partial charge on any atom is -0.542 e. The molecule has 3 aliphatic carbocycles. The molecule has 5 aliphatic rings. The van der Waals surface area contributed by atoms with Crippen LogP contribution in [0.2, 0.25) is 19.6 Å². The second-order valence-corrected chi connectivity index (χ2v) is 15.0. The summed E-state index contributed by atoms with van der Waals surface area (Å²) in [4.78, 5) is 12.9. The van der Waals surface area contributed by atoms with Crippen molar-refractivity contribution in [3.05, 3.63) is 52.0 Å². The van der Waals surface area contributed by atoms with Gasteiger partial charge in [-0.3, -0.25) is 0 Å². The highest BCUT2D eigenvalue weighted by atomic mass is 28.4. The molecule has 7 nitrogen and oxygen atoms in total. The predicted octanol–water partition coefficient (Wildman–Crippen LogP) is 4.32.